The Morgan fingerprint density at radius 1 is 0.429 bits per heavy atom. The van der Waals surface area contributed by atoms with Crippen LogP contribution in [0.4, 0.5) is 5.69 Å². The van der Waals surface area contributed by atoms with E-state index in [9.17, 15) is 38.4 Å². The number of anilines is 1. The topological polar surface area (TPSA) is 185 Å². The van der Waals surface area contributed by atoms with E-state index in [-0.39, 0.29) is 112 Å². The smallest absolute Gasteiger partial charge is 0.168 e. The lowest BCUT2D eigenvalue weighted by Crippen LogP contribution is -2.43. The molecular formula is C65H110N4O8. The Morgan fingerprint density at radius 2 is 0.844 bits per heavy atom. The van der Waals surface area contributed by atoms with Gasteiger partial charge in [0.2, 0.25) is 0 Å². The van der Waals surface area contributed by atoms with Crippen molar-refractivity contribution in [2.75, 3.05) is 5.32 Å². The van der Waals surface area contributed by atoms with Crippen molar-refractivity contribution >= 4 is 52.0 Å². The van der Waals surface area contributed by atoms with Gasteiger partial charge in [0.1, 0.15) is 11.6 Å². The molecule has 0 unspecified atom stereocenters. The third kappa shape index (κ3) is 30.4. The highest BCUT2D eigenvalue weighted by Crippen LogP contribution is 2.26. The van der Waals surface area contributed by atoms with Crippen LogP contribution < -0.4 is 21.3 Å². The van der Waals surface area contributed by atoms with Gasteiger partial charge in [-0.2, -0.15) is 0 Å². The monoisotopic (exact) mass is 1070 g/mol. The Kier molecular flexibility index (Phi) is 35.4. The predicted molar refractivity (Wildman–Crippen MR) is 321 cm³/mol. The molecule has 2 atom stereocenters. The fraction of sp³-hybridized carbons (Fsp3) is 0.692. The number of ketones is 8. The lowest BCUT2D eigenvalue weighted by molar-refractivity contribution is -0.125. The van der Waals surface area contributed by atoms with Crippen LogP contribution in [-0.2, 0) is 25.7 Å². The van der Waals surface area contributed by atoms with Crippen molar-refractivity contribution in [1.82, 2.24) is 16.0 Å². The van der Waals surface area contributed by atoms with Crippen molar-refractivity contribution in [2.45, 2.75) is 248 Å². The maximum Gasteiger partial charge on any atom is 0.168 e. The summed E-state index contributed by atoms with van der Waals surface area (Å²) < 4.78 is 0. The normalized spacial score (nSPS) is 12.5. The summed E-state index contributed by atoms with van der Waals surface area (Å²) in [6.45, 7) is 49.2. The van der Waals surface area contributed by atoms with Crippen molar-refractivity contribution < 1.29 is 38.4 Å². The summed E-state index contributed by atoms with van der Waals surface area (Å²) in [6.07, 6.45) is 3.24. The molecule has 438 valence electrons. The summed E-state index contributed by atoms with van der Waals surface area (Å²) in [5, 5.41) is 13.2. The van der Waals surface area contributed by atoms with Crippen molar-refractivity contribution in [3.05, 3.63) is 64.2 Å². The fourth-order valence-corrected chi connectivity index (χ4v) is 7.71. The van der Waals surface area contributed by atoms with Gasteiger partial charge in [0.05, 0.1) is 12.1 Å². The van der Waals surface area contributed by atoms with Crippen LogP contribution >= 0.6 is 0 Å². The van der Waals surface area contributed by atoms with Crippen molar-refractivity contribution in [3.63, 3.8) is 0 Å². The molecule has 12 nitrogen and oxygen atoms in total. The zero-order valence-electron chi connectivity index (χ0n) is 53.0. The molecule has 0 spiro atoms. The maximum atomic E-state index is 12.7. The van der Waals surface area contributed by atoms with Crippen molar-refractivity contribution in [1.29, 1.82) is 0 Å². The summed E-state index contributed by atoms with van der Waals surface area (Å²) in [5.74, 6) is 1.09. The zero-order valence-corrected chi connectivity index (χ0v) is 53.0. The molecule has 0 aliphatic heterocycles. The highest BCUT2D eigenvalue weighted by Gasteiger charge is 2.29. The number of benzene rings is 2. The van der Waals surface area contributed by atoms with E-state index in [1.165, 1.54) is 0 Å². The second-order valence-corrected chi connectivity index (χ2v) is 25.2. The van der Waals surface area contributed by atoms with E-state index in [1.54, 1.807) is 12.1 Å². The maximum absolute atomic E-state index is 12.7. The van der Waals surface area contributed by atoms with Gasteiger partial charge in [-0.1, -0.05) is 171 Å². The molecule has 0 fully saturated rings. The Labute approximate surface area is 468 Å². The summed E-state index contributed by atoms with van der Waals surface area (Å²) in [4.78, 5) is 96.7. The van der Waals surface area contributed by atoms with Crippen LogP contribution in [0.3, 0.4) is 0 Å². The molecule has 2 aromatic carbocycles. The van der Waals surface area contributed by atoms with E-state index in [2.05, 4.69) is 35.1 Å². The first-order valence-electron chi connectivity index (χ1n) is 28.9. The van der Waals surface area contributed by atoms with E-state index in [0.717, 1.165) is 24.1 Å². The van der Waals surface area contributed by atoms with Crippen LogP contribution in [0, 0.1) is 46.8 Å². The van der Waals surface area contributed by atoms with E-state index in [1.807, 2.05) is 184 Å². The molecule has 0 heterocycles. The third-order valence-electron chi connectivity index (χ3n) is 12.3. The minimum atomic E-state index is -0.504. The zero-order chi connectivity index (χ0) is 60.4. The largest absolute Gasteiger partial charge is 0.383 e. The summed E-state index contributed by atoms with van der Waals surface area (Å²) >= 11 is 0. The number of nitrogens with one attached hydrogen (secondary N) is 4. The molecule has 12 heteroatoms. The second kappa shape index (κ2) is 36.6. The molecule has 0 amide bonds. The molecular weight excluding hydrogens is 965 g/mol. The van der Waals surface area contributed by atoms with Gasteiger partial charge in [0.15, 0.2) is 34.7 Å². The van der Waals surface area contributed by atoms with Gasteiger partial charge in [-0.15, -0.1) is 0 Å². The third-order valence-corrected chi connectivity index (χ3v) is 12.3. The fourth-order valence-electron chi connectivity index (χ4n) is 7.71. The molecule has 0 bridgehead atoms. The number of carbonyl (C=O) groups excluding carboxylic acids is 8. The van der Waals surface area contributed by atoms with Crippen LogP contribution in [0.2, 0.25) is 0 Å². The quantitative estimate of drug-likeness (QED) is 0.0566. The van der Waals surface area contributed by atoms with Crippen molar-refractivity contribution in [3.8, 4) is 0 Å². The molecule has 0 aliphatic carbocycles. The molecule has 0 aliphatic rings. The molecule has 0 aromatic heterocycles. The van der Waals surface area contributed by atoms with Crippen LogP contribution in [0.5, 0.6) is 0 Å². The summed E-state index contributed by atoms with van der Waals surface area (Å²) in [6, 6.07) is 11.9. The first-order valence-corrected chi connectivity index (χ1v) is 28.9. The molecule has 0 saturated carbocycles. The average molecular weight is 1080 g/mol. The Morgan fingerprint density at radius 3 is 1.19 bits per heavy atom. The number of carbonyl (C=O) groups is 8. The van der Waals surface area contributed by atoms with Gasteiger partial charge < -0.3 is 21.3 Å². The van der Waals surface area contributed by atoms with Gasteiger partial charge in [-0.05, 0) is 62.9 Å². The van der Waals surface area contributed by atoms with Gasteiger partial charge >= 0.3 is 0 Å². The van der Waals surface area contributed by atoms with Crippen LogP contribution in [0.25, 0.3) is 0 Å². The summed E-state index contributed by atoms with van der Waals surface area (Å²) in [5.41, 5.74) is 3.66. The predicted octanol–water partition coefficient (Wildman–Crippen LogP) is 14.0. The lowest BCUT2D eigenvalue weighted by atomic mass is 9.82. The first-order chi connectivity index (χ1) is 35.3. The summed E-state index contributed by atoms with van der Waals surface area (Å²) in [7, 11) is 0. The number of rotatable bonds is 29. The molecule has 2 aromatic rings. The van der Waals surface area contributed by atoms with Gasteiger partial charge in [0, 0.05) is 118 Å². The second-order valence-electron chi connectivity index (χ2n) is 25.2. The van der Waals surface area contributed by atoms with E-state index in [0.29, 0.717) is 60.1 Å². The number of Topliss-reactive ketones (excluding diaryl/α,β-unsaturated/α-hetero) is 8. The highest BCUT2D eigenvalue weighted by atomic mass is 16.2. The van der Waals surface area contributed by atoms with Gasteiger partial charge in [0.25, 0.3) is 0 Å². The van der Waals surface area contributed by atoms with Crippen LogP contribution in [0.1, 0.15) is 252 Å². The Bertz CT molecular complexity index is 2130. The highest BCUT2D eigenvalue weighted by molar-refractivity contribution is 6.11. The lowest BCUT2D eigenvalue weighted by Gasteiger charge is -2.22. The van der Waals surface area contributed by atoms with E-state index < -0.39 is 5.41 Å². The molecule has 2 rings (SSSR count). The van der Waals surface area contributed by atoms with Gasteiger partial charge in [-0.25, -0.2) is 0 Å². The van der Waals surface area contributed by atoms with Crippen LogP contribution in [-0.4, -0.2) is 82.5 Å². The van der Waals surface area contributed by atoms with Gasteiger partial charge in [-0.3, -0.25) is 38.4 Å². The standard InChI is InChI=1S/C19H29NO2.C17H25NO2.C15H29NO2.C14H27NO2/c1-12(2)17(21)15-9-8-14(11-20-13(3)4)10-16(15)18(22)19(5,6)7;1-10(2)16(19)13-7-14(17(20)11(3)4)9-15(8-13)18-12(5)6;1-10(2)14(17)9-7-8-13(16-12(5)6)15(18)11(3)4;1-9(2)13(16)8-7-12(15-11(5)6)14(17)10(3)4/h8-10,12-13,20H,11H2,1-7H3;7-12,18H,1-6H3;10-13,16H,7-9H2,1-6H3;9-12,15H,7-8H2,1-6H3/t;;13-;12-/m..11/s1. The molecule has 77 heavy (non-hydrogen) atoms. The minimum absolute atomic E-state index is 0.0143. The SMILES string of the molecule is CC(C)NCc1ccc(C(=O)C(C)C)c(C(=O)C(C)(C)C)c1.CC(C)N[C@H](CCC(=O)C(C)C)C(=O)C(C)C.CC(C)N[C@H](CCCC(=O)C(C)C)C(=O)C(C)C.CC(C)Nc1cc(C(=O)C(C)C)cc(C(=O)C(C)C)c1. The molecule has 4 N–H and O–H groups in total. The molecule has 0 saturated heterocycles. The number of hydrogen-bond acceptors (Lipinski definition) is 12. The van der Waals surface area contributed by atoms with E-state index in [4.69, 9.17) is 0 Å². The Hall–Kier alpha value is -4.52. The van der Waals surface area contributed by atoms with Crippen LogP contribution in [0.15, 0.2) is 36.4 Å². The Balaban J connectivity index is 0. The minimum Gasteiger partial charge on any atom is -0.383 e. The first kappa shape index (κ1) is 74.6. The van der Waals surface area contributed by atoms with E-state index >= 15 is 0 Å². The average Bonchev–Trinajstić information content (AvgIpc) is 3.31. The van der Waals surface area contributed by atoms with Crippen molar-refractivity contribution in [2.24, 2.45) is 46.8 Å². The number of hydrogen-bond donors (Lipinski definition) is 4. The molecule has 0 radical (unpaired) electrons.